The van der Waals surface area contributed by atoms with Gasteiger partial charge in [0.15, 0.2) is 0 Å². The van der Waals surface area contributed by atoms with Crippen LogP contribution in [0.5, 0.6) is 0 Å². The molecule has 4 unspecified atom stereocenters. The number of halogens is 3. The first kappa shape index (κ1) is 27.3. The molecule has 0 spiro atoms. The highest BCUT2D eigenvalue weighted by Crippen LogP contribution is 2.44. The Morgan fingerprint density at radius 1 is 1.23 bits per heavy atom. The molecule has 2 bridgehead atoms. The molecule has 3 aromatic rings. The molecule has 2 fully saturated rings. The molecule has 4 heterocycles. The van der Waals surface area contributed by atoms with Crippen LogP contribution in [0.2, 0.25) is 5.02 Å². The third-order valence-corrected chi connectivity index (χ3v) is 8.18. The van der Waals surface area contributed by atoms with E-state index in [0.29, 0.717) is 34.8 Å². The number of pyridine rings is 2. The minimum Gasteiger partial charge on any atom is -0.393 e. The highest BCUT2D eigenvalue weighted by Gasteiger charge is 2.42. The molecule has 2 aromatic heterocycles. The van der Waals surface area contributed by atoms with Crippen molar-refractivity contribution in [2.45, 2.75) is 63.6 Å². The Balaban J connectivity index is 1.53. The van der Waals surface area contributed by atoms with E-state index < -0.39 is 23.8 Å². The van der Waals surface area contributed by atoms with Crippen LogP contribution in [-0.2, 0) is 4.79 Å². The number of rotatable bonds is 8. The standard InChI is InChI=1S/C29H32ClF2N5O2/c1-16(17(2)38)28-21(8-5-11-33-28)27-24(14-25(35-29(27)32)37-19-6-4-7-20(37)13-19)36(3)15-26(39)34-18-9-10-22(30)23(31)12-18/h5,8-12,14,16-17,19-20,38H,4,6-7,13,15H2,1-3H3,(H,34,39). The zero-order valence-electron chi connectivity index (χ0n) is 22.2. The number of amides is 1. The Kier molecular flexibility index (Phi) is 7.73. The molecule has 4 atom stereocenters. The summed E-state index contributed by atoms with van der Waals surface area (Å²) in [7, 11) is 1.70. The van der Waals surface area contributed by atoms with Gasteiger partial charge in [-0.3, -0.25) is 9.78 Å². The number of nitrogens with one attached hydrogen (secondary N) is 1. The summed E-state index contributed by atoms with van der Waals surface area (Å²) >= 11 is 5.76. The van der Waals surface area contributed by atoms with Crippen molar-refractivity contribution >= 4 is 34.7 Å². The number of hydrogen-bond donors (Lipinski definition) is 2. The Labute approximate surface area is 231 Å². The van der Waals surface area contributed by atoms with E-state index in [9.17, 15) is 14.3 Å². The summed E-state index contributed by atoms with van der Waals surface area (Å²) in [4.78, 5) is 25.7. The van der Waals surface area contributed by atoms with Crippen molar-refractivity contribution < 1.29 is 18.7 Å². The van der Waals surface area contributed by atoms with Crippen LogP contribution in [0, 0.1) is 11.8 Å². The van der Waals surface area contributed by atoms with Crippen molar-refractivity contribution in [1.29, 1.82) is 0 Å². The van der Waals surface area contributed by atoms with Gasteiger partial charge in [-0.25, -0.2) is 9.37 Å². The molecule has 0 radical (unpaired) electrons. The number of carbonyl (C=O) groups excluding carboxylic acids is 1. The molecule has 0 aliphatic carbocycles. The average Bonchev–Trinajstić information content (AvgIpc) is 2.90. The first-order chi connectivity index (χ1) is 18.6. The maximum Gasteiger partial charge on any atom is 0.243 e. The molecule has 10 heteroatoms. The van der Waals surface area contributed by atoms with Crippen LogP contribution < -0.4 is 15.1 Å². The SMILES string of the molecule is CC(O)C(C)c1ncccc1-c1c(N(C)CC(=O)Nc2ccc(Cl)c(F)c2)cc(N2C3CCCC2C3)nc1F. The second kappa shape index (κ2) is 11.1. The fourth-order valence-corrected chi connectivity index (χ4v) is 5.76. The van der Waals surface area contributed by atoms with Crippen molar-refractivity contribution in [2.24, 2.45) is 0 Å². The molecule has 1 amide bonds. The molecule has 206 valence electrons. The molecule has 7 nitrogen and oxygen atoms in total. The molecule has 1 aromatic carbocycles. The molecular formula is C29H32ClF2N5O2. The third-order valence-electron chi connectivity index (χ3n) is 7.87. The minimum atomic E-state index is -0.707. The second-order valence-corrected chi connectivity index (χ2v) is 11.0. The van der Waals surface area contributed by atoms with E-state index in [0.717, 1.165) is 31.7 Å². The molecule has 2 aliphatic heterocycles. The molecule has 2 saturated heterocycles. The number of hydrogen-bond acceptors (Lipinski definition) is 6. The van der Waals surface area contributed by atoms with Gasteiger partial charge in [0, 0.05) is 48.6 Å². The molecule has 2 aliphatic rings. The average molecular weight is 556 g/mol. The van der Waals surface area contributed by atoms with Crippen molar-refractivity contribution in [3.05, 3.63) is 65.1 Å². The van der Waals surface area contributed by atoms with Gasteiger partial charge in [0.05, 0.1) is 34.6 Å². The summed E-state index contributed by atoms with van der Waals surface area (Å²) in [6.07, 6.45) is 5.23. The smallest absolute Gasteiger partial charge is 0.243 e. The van der Waals surface area contributed by atoms with Crippen molar-refractivity contribution in [2.75, 3.05) is 28.7 Å². The Morgan fingerprint density at radius 2 is 1.97 bits per heavy atom. The van der Waals surface area contributed by atoms with Crippen molar-refractivity contribution in [1.82, 2.24) is 9.97 Å². The number of fused-ring (bicyclic) bond motifs is 2. The maximum absolute atomic E-state index is 16.1. The van der Waals surface area contributed by atoms with E-state index in [-0.39, 0.29) is 28.7 Å². The van der Waals surface area contributed by atoms with Gasteiger partial charge in [-0.15, -0.1) is 0 Å². The number of nitrogens with zero attached hydrogens (tertiary/aromatic N) is 4. The molecule has 5 rings (SSSR count). The predicted octanol–water partition coefficient (Wildman–Crippen LogP) is 5.77. The van der Waals surface area contributed by atoms with E-state index in [4.69, 9.17) is 11.6 Å². The van der Waals surface area contributed by atoms with Crippen molar-refractivity contribution in [3.63, 3.8) is 0 Å². The largest absolute Gasteiger partial charge is 0.393 e. The molecule has 2 N–H and O–H groups in total. The first-order valence-corrected chi connectivity index (χ1v) is 13.6. The van der Waals surface area contributed by atoms with Crippen LogP contribution in [0.25, 0.3) is 11.1 Å². The van der Waals surface area contributed by atoms with Gasteiger partial charge in [-0.1, -0.05) is 24.6 Å². The third kappa shape index (κ3) is 5.43. The lowest BCUT2D eigenvalue weighted by molar-refractivity contribution is -0.114. The number of carbonyl (C=O) groups is 1. The van der Waals surface area contributed by atoms with E-state index >= 15 is 4.39 Å². The van der Waals surface area contributed by atoms with Crippen LogP contribution in [0.1, 0.15) is 51.1 Å². The fraction of sp³-hybridized carbons (Fsp3) is 0.414. The zero-order chi connectivity index (χ0) is 27.8. The van der Waals surface area contributed by atoms with Crippen molar-refractivity contribution in [3.8, 4) is 11.1 Å². The van der Waals surface area contributed by atoms with E-state index in [1.165, 1.54) is 12.1 Å². The fourth-order valence-electron chi connectivity index (χ4n) is 5.64. The molecular weight excluding hydrogens is 524 g/mol. The Bertz CT molecular complexity index is 1370. The zero-order valence-corrected chi connectivity index (χ0v) is 22.9. The summed E-state index contributed by atoms with van der Waals surface area (Å²) in [6, 6.07) is 10.0. The summed E-state index contributed by atoms with van der Waals surface area (Å²) in [5.74, 6) is -1.52. The normalized spacial score (nSPS) is 19.7. The Hall–Kier alpha value is -3.30. The molecule has 0 saturated carbocycles. The summed E-state index contributed by atoms with van der Waals surface area (Å²) < 4.78 is 29.9. The number of aliphatic hydroxyl groups excluding tert-OH is 1. The highest BCUT2D eigenvalue weighted by molar-refractivity contribution is 6.30. The summed E-state index contributed by atoms with van der Waals surface area (Å²) in [5.41, 5.74) is 2.01. The minimum absolute atomic E-state index is 0.0380. The van der Waals surface area contributed by atoms with Crippen LogP contribution in [0.15, 0.2) is 42.6 Å². The number of piperidine rings is 1. The van der Waals surface area contributed by atoms with Crippen LogP contribution >= 0.6 is 11.6 Å². The van der Waals surface area contributed by atoms with Gasteiger partial charge in [0.2, 0.25) is 11.9 Å². The van der Waals surface area contributed by atoms with E-state index in [1.54, 1.807) is 37.2 Å². The van der Waals surface area contributed by atoms with Crippen LogP contribution in [-0.4, -0.2) is 52.8 Å². The van der Waals surface area contributed by atoms with Gasteiger partial charge >= 0.3 is 0 Å². The van der Waals surface area contributed by atoms with E-state index in [2.05, 4.69) is 20.2 Å². The lowest BCUT2D eigenvalue weighted by Crippen LogP contribution is -2.59. The summed E-state index contributed by atoms with van der Waals surface area (Å²) in [6.45, 7) is 3.37. The lowest BCUT2D eigenvalue weighted by Gasteiger charge is -2.53. The summed E-state index contributed by atoms with van der Waals surface area (Å²) in [5, 5.41) is 12.9. The van der Waals surface area contributed by atoms with Crippen LogP contribution in [0.3, 0.4) is 0 Å². The Morgan fingerprint density at radius 3 is 2.64 bits per heavy atom. The number of aromatic nitrogens is 2. The first-order valence-electron chi connectivity index (χ1n) is 13.2. The van der Waals surface area contributed by atoms with Gasteiger partial charge in [0.1, 0.15) is 11.6 Å². The van der Waals surface area contributed by atoms with E-state index in [1.807, 2.05) is 13.0 Å². The van der Waals surface area contributed by atoms with Gasteiger partial charge < -0.3 is 20.2 Å². The quantitative estimate of drug-likeness (QED) is 0.344. The monoisotopic (exact) mass is 555 g/mol. The maximum atomic E-state index is 16.1. The predicted molar refractivity (Wildman–Crippen MR) is 149 cm³/mol. The molecule has 39 heavy (non-hydrogen) atoms. The van der Waals surface area contributed by atoms with Gasteiger partial charge in [0.25, 0.3) is 0 Å². The van der Waals surface area contributed by atoms with Gasteiger partial charge in [-0.05, 0) is 56.9 Å². The topological polar surface area (TPSA) is 81.6 Å². The number of benzene rings is 1. The number of likely N-dealkylation sites (N-methyl/N-ethyl adjacent to an activating group) is 1. The number of anilines is 3. The second-order valence-electron chi connectivity index (χ2n) is 10.5. The van der Waals surface area contributed by atoms with Gasteiger partial charge in [-0.2, -0.15) is 4.39 Å². The lowest BCUT2D eigenvalue weighted by atomic mass is 9.79. The van der Waals surface area contributed by atoms with Crippen LogP contribution in [0.4, 0.5) is 26.0 Å². The number of aliphatic hydroxyl groups is 1. The highest BCUT2D eigenvalue weighted by atomic mass is 35.5.